The van der Waals surface area contributed by atoms with Crippen molar-refractivity contribution in [1.82, 2.24) is 15.2 Å². The Kier molecular flexibility index (Phi) is 7.04. The van der Waals surface area contributed by atoms with E-state index in [0.717, 1.165) is 44.6 Å². The van der Waals surface area contributed by atoms with Crippen LogP contribution in [-0.2, 0) is 16.0 Å². The van der Waals surface area contributed by atoms with Gasteiger partial charge in [0.15, 0.2) is 5.96 Å². The number of morpholine rings is 2. The Morgan fingerprint density at radius 2 is 2.00 bits per heavy atom. The van der Waals surface area contributed by atoms with Gasteiger partial charge in [0.05, 0.1) is 25.9 Å². The largest absolute Gasteiger partial charge is 0.375 e. The number of ether oxygens (including phenoxy) is 2. The maximum atomic E-state index is 6.08. The zero-order valence-electron chi connectivity index (χ0n) is 18.8. The van der Waals surface area contributed by atoms with Crippen molar-refractivity contribution in [2.45, 2.75) is 32.6 Å². The molecule has 7 heteroatoms. The number of aromatic nitrogens is 1. The van der Waals surface area contributed by atoms with E-state index in [1.807, 2.05) is 13.2 Å². The fourth-order valence-corrected chi connectivity index (χ4v) is 4.26. The van der Waals surface area contributed by atoms with Crippen LogP contribution in [-0.4, -0.2) is 68.4 Å². The molecule has 0 aliphatic carbocycles. The molecule has 0 spiro atoms. The summed E-state index contributed by atoms with van der Waals surface area (Å²) >= 11 is 0. The van der Waals surface area contributed by atoms with Crippen LogP contribution in [0.4, 0.5) is 5.82 Å². The molecule has 166 valence electrons. The smallest absolute Gasteiger partial charge is 0.194 e. The molecular weight excluding hydrogens is 390 g/mol. The summed E-state index contributed by atoms with van der Waals surface area (Å²) in [6, 6.07) is 12.7. The summed E-state index contributed by atoms with van der Waals surface area (Å²) in [4.78, 5) is 13.7. The number of aryl methyl sites for hydroxylation is 1. The van der Waals surface area contributed by atoms with Crippen LogP contribution in [0.1, 0.15) is 29.7 Å². The van der Waals surface area contributed by atoms with E-state index < -0.39 is 0 Å². The number of nitrogens with zero attached hydrogens (tertiary/aromatic N) is 4. The fourth-order valence-electron chi connectivity index (χ4n) is 4.26. The Hall–Kier alpha value is -2.64. The number of rotatable bonds is 4. The Morgan fingerprint density at radius 1 is 1.16 bits per heavy atom. The zero-order chi connectivity index (χ0) is 21.6. The molecule has 1 N–H and O–H groups in total. The van der Waals surface area contributed by atoms with Crippen molar-refractivity contribution < 1.29 is 9.47 Å². The minimum absolute atomic E-state index is 0.0596. The van der Waals surface area contributed by atoms with E-state index in [2.05, 4.69) is 75.3 Å². The summed E-state index contributed by atoms with van der Waals surface area (Å²) in [5.41, 5.74) is 3.70. The summed E-state index contributed by atoms with van der Waals surface area (Å²) in [5.74, 6) is 1.91. The number of anilines is 1. The maximum Gasteiger partial charge on any atom is 0.194 e. The highest BCUT2D eigenvalue weighted by molar-refractivity contribution is 5.80. The van der Waals surface area contributed by atoms with E-state index in [1.54, 1.807) is 0 Å². The lowest BCUT2D eigenvalue weighted by Crippen LogP contribution is -2.48. The standard InChI is InChI=1S/C24H33N5O2/c1-18-6-4-5-7-21(18)22-17-29(11-13-31-22)24(25-3)27-15-20-8-9-26-23(14-20)28-10-12-30-19(2)16-28/h4-9,14,19,22H,10-13,15-17H2,1-3H3,(H,25,27). The van der Waals surface area contributed by atoms with Crippen molar-refractivity contribution in [2.24, 2.45) is 4.99 Å². The number of guanidine groups is 1. The highest BCUT2D eigenvalue weighted by Crippen LogP contribution is 2.25. The van der Waals surface area contributed by atoms with Gasteiger partial charge in [0.1, 0.15) is 11.9 Å². The molecule has 1 aromatic carbocycles. The highest BCUT2D eigenvalue weighted by Gasteiger charge is 2.25. The summed E-state index contributed by atoms with van der Waals surface area (Å²) < 4.78 is 11.7. The van der Waals surface area contributed by atoms with E-state index in [1.165, 1.54) is 16.7 Å². The molecule has 2 unspecified atom stereocenters. The summed E-state index contributed by atoms with van der Waals surface area (Å²) in [7, 11) is 1.84. The maximum absolute atomic E-state index is 6.08. The SMILES string of the molecule is CN=C(NCc1ccnc(N2CCOC(C)C2)c1)N1CCOC(c2ccccc2C)C1. The Morgan fingerprint density at radius 3 is 2.81 bits per heavy atom. The van der Waals surface area contributed by atoms with Gasteiger partial charge in [-0.05, 0) is 42.7 Å². The molecule has 2 saturated heterocycles. The first-order valence-corrected chi connectivity index (χ1v) is 11.1. The van der Waals surface area contributed by atoms with Crippen molar-refractivity contribution in [1.29, 1.82) is 0 Å². The first-order valence-electron chi connectivity index (χ1n) is 11.1. The lowest BCUT2D eigenvalue weighted by Gasteiger charge is -2.36. The molecule has 0 saturated carbocycles. The molecule has 31 heavy (non-hydrogen) atoms. The van der Waals surface area contributed by atoms with Gasteiger partial charge in [-0.2, -0.15) is 0 Å². The Bertz CT molecular complexity index is 903. The van der Waals surface area contributed by atoms with E-state index in [0.29, 0.717) is 13.2 Å². The van der Waals surface area contributed by atoms with Crippen LogP contribution in [0.2, 0.25) is 0 Å². The van der Waals surface area contributed by atoms with E-state index in [4.69, 9.17) is 9.47 Å². The topological polar surface area (TPSA) is 62.2 Å². The predicted octanol–water partition coefficient (Wildman–Crippen LogP) is 2.76. The van der Waals surface area contributed by atoms with Crippen LogP contribution in [0.3, 0.4) is 0 Å². The van der Waals surface area contributed by atoms with E-state index >= 15 is 0 Å². The summed E-state index contributed by atoms with van der Waals surface area (Å²) in [5, 5.41) is 3.53. The van der Waals surface area contributed by atoms with Crippen LogP contribution in [0.25, 0.3) is 0 Å². The molecule has 0 amide bonds. The molecule has 0 bridgehead atoms. The normalized spacial score (nSPS) is 22.5. The van der Waals surface area contributed by atoms with Crippen molar-refractivity contribution in [3.05, 3.63) is 59.3 Å². The van der Waals surface area contributed by atoms with Gasteiger partial charge in [-0.25, -0.2) is 4.98 Å². The number of pyridine rings is 1. The zero-order valence-corrected chi connectivity index (χ0v) is 18.8. The van der Waals surface area contributed by atoms with E-state index in [9.17, 15) is 0 Å². The lowest BCUT2D eigenvalue weighted by molar-refractivity contribution is -0.00833. The monoisotopic (exact) mass is 423 g/mol. The number of hydrogen-bond donors (Lipinski definition) is 1. The van der Waals surface area contributed by atoms with E-state index in [-0.39, 0.29) is 12.2 Å². The Balaban J connectivity index is 1.38. The average Bonchev–Trinajstić information content (AvgIpc) is 2.80. The number of nitrogens with one attached hydrogen (secondary N) is 1. The lowest BCUT2D eigenvalue weighted by atomic mass is 10.0. The van der Waals surface area contributed by atoms with Gasteiger partial charge in [0.2, 0.25) is 0 Å². The second kappa shape index (κ2) is 10.1. The minimum atomic E-state index is 0.0596. The van der Waals surface area contributed by atoms with Crippen molar-refractivity contribution in [3.63, 3.8) is 0 Å². The molecule has 0 radical (unpaired) electrons. The molecular formula is C24H33N5O2. The minimum Gasteiger partial charge on any atom is -0.375 e. The van der Waals surface area contributed by atoms with Gasteiger partial charge in [0, 0.05) is 39.4 Å². The Labute approximate surface area is 185 Å². The average molecular weight is 424 g/mol. The summed E-state index contributed by atoms with van der Waals surface area (Å²) in [6.45, 7) is 9.76. The molecule has 2 aliphatic heterocycles. The van der Waals surface area contributed by atoms with Crippen LogP contribution < -0.4 is 10.2 Å². The number of aliphatic imine (C=N–C) groups is 1. The van der Waals surface area contributed by atoms with Crippen LogP contribution in [0.5, 0.6) is 0 Å². The van der Waals surface area contributed by atoms with Gasteiger partial charge >= 0.3 is 0 Å². The predicted molar refractivity (Wildman–Crippen MR) is 124 cm³/mol. The third-order valence-corrected chi connectivity index (χ3v) is 5.94. The second-order valence-corrected chi connectivity index (χ2v) is 8.21. The molecule has 2 fully saturated rings. The second-order valence-electron chi connectivity index (χ2n) is 8.21. The van der Waals surface area contributed by atoms with Crippen molar-refractivity contribution in [2.75, 3.05) is 51.3 Å². The third-order valence-electron chi connectivity index (χ3n) is 5.94. The van der Waals surface area contributed by atoms with Crippen molar-refractivity contribution in [3.8, 4) is 0 Å². The molecule has 1 aromatic heterocycles. The molecule has 2 aliphatic rings. The van der Waals surface area contributed by atoms with Crippen LogP contribution in [0, 0.1) is 6.92 Å². The van der Waals surface area contributed by atoms with Gasteiger partial charge < -0.3 is 24.6 Å². The third kappa shape index (κ3) is 5.35. The van der Waals surface area contributed by atoms with Gasteiger partial charge in [-0.3, -0.25) is 4.99 Å². The van der Waals surface area contributed by atoms with Crippen LogP contribution >= 0.6 is 0 Å². The molecule has 2 atom stereocenters. The number of benzene rings is 1. The highest BCUT2D eigenvalue weighted by atomic mass is 16.5. The quantitative estimate of drug-likeness (QED) is 0.603. The molecule has 7 nitrogen and oxygen atoms in total. The number of hydrogen-bond acceptors (Lipinski definition) is 5. The molecule has 3 heterocycles. The van der Waals surface area contributed by atoms with Gasteiger partial charge in [-0.1, -0.05) is 24.3 Å². The first-order chi connectivity index (χ1) is 15.1. The molecule has 2 aromatic rings. The molecule has 4 rings (SSSR count). The van der Waals surface area contributed by atoms with Crippen molar-refractivity contribution >= 4 is 11.8 Å². The first kappa shape index (κ1) is 21.6. The summed E-state index contributed by atoms with van der Waals surface area (Å²) in [6.07, 6.45) is 2.18. The fraction of sp³-hybridized carbons (Fsp3) is 0.500. The van der Waals surface area contributed by atoms with Gasteiger partial charge in [0.25, 0.3) is 0 Å². The van der Waals surface area contributed by atoms with Gasteiger partial charge in [-0.15, -0.1) is 0 Å². The van der Waals surface area contributed by atoms with Crippen LogP contribution in [0.15, 0.2) is 47.6 Å².